The molecule has 0 fully saturated rings. The normalized spacial score (nSPS) is 10.7. The molecule has 0 amide bonds. The first kappa shape index (κ1) is 8.83. The molecule has 2 rings (SSSR count). The number of nitrogens with zero attached hydrogens (tertiary/aromatic N) is 2. The Bertz CT molecular complexity index is 535. The van der Waals surface area contributed by atoms with Crippen LogP contribution in [0.2, 0.25) is 0 Å². The average molecular weight is 193 g/mol. The van der Waals surface area contributed by atoms with Gasteiger partial charge in [0.25, 0.3) is 5.56 Å². The van der Waals surface area contributed by atoms with Crippen LogP contribution in [0.3, 0.4) is 0 Å². The van der Waals surface area contributed by atoms with Crippen molar-refractivity contribution in [2.45, 2.75) is 6.54 Å². The van der Waals surface area contributed by atoms with E-state index in [4.69, 9.17) is 5.73 Å². The quantitative estimate of drug-likeness (QED) is 0.708. The average Bonchev–Trinajstić information content (AvgIpc) is 2.18. The Hall–Kier alpha value is -1.75. The Kier molecular flexibility index (Phi) is 2.01. The minimum Gasteiger partial charge on any atom is -0.326 e. The van der Waals surface area contributed by atoms with E-state index in [0.29, 0.717) is 5.56 Å². The van der Waals surface area contributed by atoms with Crippen molar-refractivity contribution < 1.29 is 4.39 Å². The molecule has 0 unspecified atom stereocenters. The van der Waals surface area contributed by atoms with E-state index in [2.05, 4.69) is 4.98 Å². The van der Waals surface area contributed by atoms with Gasteiger partial charge in [0.1, 0.15) is 11.5 Å². The monoisotopic (exact) mass is 193 g/mol. The minimum atomic E-state index is -0.419. The number of fused-ring (bicyclic) bond motifs is 1. The van der Waals surface area contributed by atoms with E-state index in [-0.39, 0.29) is 17.8 Å². The van der Waals surface area contributed by atoms with E-state index in [1.807, 2.05) is 0 Å². The molecular formula is C9H8FN3O. The molecule has 0 atom stereocenters. The van der Waals surface area contributed by atoms with Crippen molar-refractivity contribution in [1.82, 2.24) is 9.38 Å². The highest BCUT2D eigenvalue weighted by atomic mass is 19.1. The number of pyridine rings is 1. The van der Waals surface area contributed by atoms with E-state index < -0.39 is 5.82 Å². The molecule has 5 heteroatoms. The largest absolute Gasteiger partial charge is 0.326 e. The van der Waals surface area contributed by atoms with E-state index in [0.717, 1.165) is 0 Å². The third kappa shape index (κ3) is 1.27. The predicted molar refractivity (Wildman–Crippen MR) is 49.3 cm³/mol. The van der Waals surface area contributed by atoms with Gasteiger partial charge in [0.2, 0.25) is 0 Å². The number of aromatic nitrogens is 2. The SMILES string of the molecule is NCc1cnc2cc(F)ccn2c1=O. The Morgan fingerprint density at radius 2 is 2.36 bits per heavy atom. The fourth-order valence-corrected chi connectivity index (χ4v) is 1.23. The van der Waals surface area contributed by atoms with E-state index >= 15 is 0 Å². The van der Waals surface area contributed by atoms with Gasteiger partial charge in [-0.15, -0.1) is 0 Å². The highest BCUT2D eigenvalue weighted by Gasteiger charge is 2.03. The van der Waals surface area contributed by atoms with Crippen LogP contribution in [-0.4, -0.2) is 9.38 Å². The minimum absolute atomic E-state index is 0.131. The molecule has 2 aromatic rings. The van der Waals surface area contributed by atoms with Crippen LogP contribution in [0.4, 0.5) is 4.39 Å². The number of rotatable bonds is 1. The topological polar surface area (TPSA) is 60.4 Å². The summed E-state index contributed by atoms with van der Waals surface area (Å²) in [6, 6.07) is 2.40. The summed E-state index contributed by atoms with van der Waals surface area (Å²) in [7, 11) is 0. The second-order valence-electron chi connectivity index (χ2n) is 2.87. The molecule has 0 aliphatic heterocycles. The number of halogens is 1. The van der Waals surface area contributed by atoms with Gasteiger partial charge in [-0.25, -0.2) is 9.37 Å². The van der Waals surface area contributed by atoms with E-state index in [1.54, 1.807) is 0 Å². The van der Waals surface area contributed by atoms with Crippen LogP contribution >= 0.6 is 0 Å². The van der Waals surface area contributed by atoms with Gasteiger partial charge in [0.15, 0.2) is 0 Å². The summed E-state index contributed by atoms with van der Waals surface area (Å²) in [6.45, 7) is 0.131. The van der Waals surface area contributed by atoms with Crippen LogP contribution in [0.25, 0.3) is 5.65 Å². The van der Waals surface area contributed by atoms with Crippen molar-refractivity contribution in [2.75, 3.05) is 0 Å². The summed E-state index contributed by atoms with van der Waals surface area (Å²) in [4.78, 5) is 15.5. The third-order valence-electron chi connectivity index (χ3n) is 1.96. The lowest BCUT2D eigenvalue weighted by Gasteiger charge is -2.01. The van der Waals surface area contributed by atoms with Gasteiger partial charge in [0, 0.05) is 30.6 Å². The highest BCUT2D eigenvalue weighted by molar-refractivity contribution is 5.38. The molecule has 2 heterocycles. The van der Waals surface area contributed by atoms with Crippen LogP contribution in [0, 0.1) is 5.82 Å². The van der Waals surface area contributed by atoms with Crippen LogP contribution in [0.1, 0.15) is 5.56 Å². The van der Waals surface area contributed by atoms with E-state index in [9.17, 15) is 9.18 Å². The van der Waals surface area contributed by atoms with Crippen LogP contribution < -0.4 is 11.3 Å². The first-order chi connectivity index (χ1) is 6.72. The molecule has 0 radical (unpaired) electrons. The van der Waals surface area contributed by atoms with Gasteiger partial charge in [0.05, 0.1) is 0 Å². The summed E-state index contributed by atoms with van der Waals surface area (Å²) in [5, 5.41) is 0. The third-order valence-corrected chi connectivity index (χ3v) is 1.96. The maximum absolute atomic E-state index is 12.8. The van der Waals surface area contributed by atoms with Gasteiger partial charge in [-0.1, -0.05) is 0 Å². The van der Waals surface area contributed by atoms with Crippen LogP contribution in [-0.2, 0) is 6.54 Å². The molecule has 0 aliphatic rings. The first-order valence-corrected chi connectivity index (χ1v) is 4.08. The van der Waals surface area contributed by atoms with Crippen molar-refractivity contribution in [3.63, 3.8) is 0 Å². The second-order valence-corrected chi connectivity index (χ2v) is 2.87. The Morgan fingerprint density at radius 3 is 3.07 bits per heavy atom. The zero-order chi connectivity index (χ0) is 10.1. The fraction of sp³-hybridized carbons (Fsp3) is 0.111. The Morgan fingerprint density at radius 1 is 1.57 bits per heavy atom. The molecular weight excluding hydrogens is 185 g/mol. The zero-order valence-electron chi connectivity index (χ0n) is 7.27. The Labute approximate surface area is 78.8 Å². The summed E-state index contributed by atoms with van der Waals surface area (Å²) in [5.74, 6) is -0.419. The summed E-state index contributed by atoms with van der Waals surface area (Å²) in [5.41, 5.74) is 5.79. The molecule has 0 spiro atoms. The zero-order valence-corrected chi connectivity index (χ0v) is 7.27. The molecule has 0 aliphatic carbocycles. The molecule has 2 N–H and O–H groups in total. The van der Waals surface area contributed by atoms with Crippen molar-refractivity contribution in [2.24, 2.45) is 5.73 Å². The van der Waals surface area contributed by atoms with Gasteiger partial charge in [-0.2, -0.15) is 0 Å². The van der Waals surface area contributed by atoms with Crippen molar-refractivity contribution >= 4 is 5.65 Å². The molecule has 4 nitrogen and oxygen atoms in total. The van der Waals surface area contributed by atoms with Gasteiger partial charge in [-0.3, -0.25) is 9.20 Å². The summed E-state index contributed by atoms with van der Waals surface area (Å²) >= 11 is 0. The number of hydrogen-bond acceptors (Lipinski definition) is 3. The van der Waals surface area contributed by atoms with Crippen LogP contribution in [0.5, 0.6) is 0 Å². The number of hydrogen-bond donors (Lipinski definition) is 1. The number of nitrogens with two attached hydrogens (primary N) is 1. The molecule has 2 aromatic heterocycles. The maximum atomic E-state index is 12.8. The van der Waals surface area contributed by atoms with Crippen molar-refractivity contribution in [3.8, 4) is 0 Å². The smallest absolute Gasteiger partial charge is 0.262 e. The maximum Gasteiger partial charge on any atom is 0.262 e. The van der Waals surface area contributed by atoms with Crippen molar-refractivity contribution in [1.29, 1.82) is 0 Å². The summed E-state index contributed by atoms with van der Waals surface area (Å²) < 4.78 is 14.0. The lowest BCUT2D eigenvalue weighted by atomic mass is 10.3. The molecule has 0 saturated carbocycles. The molecule has 14 heavy (non-hydrogen) atoms. The van der Waals surface area contributed by atoms with Gasteiger partial charge in [-0.05, 0) is 6.07 Å². The van der Waals surface area contributed by atoms with E-state index in [1.165, 1.54) is 28.9 Å². The Balaban J connectivity index is 2.84. The second kappa shape index (κ2) is 3.19. The molecule has 0 aromatic carbocycles. The predicted octanol–water partition coefficient (Wildman–Crippen LogP) is 0.292. The lowest BCUT2D eigenvalue weighted by Crippen LogP contribution is -2.21. The lowest BCUT2D eigenvalue weighted by molar-refractivity contribution is 0.625. The molecule has 72 valence electrons. The molecule has 0 saturated heterocycles. The van der Waals surface area contributed by atoms with Gasteiger partial charge < -0.3 is 5.73 Å². The van der Waals surface area contributed by atoms with Gasteiger partial charge >= 0.3 is 0 Å². The summed E-state index contributed by atoms with van der Waals surface area (Å²) in [6.07, 6.45) is 2.72. The standard InChI is InChI=1S/C9H8FN3O/c10-7-1-2-13-8(3-7)12-5-6(4-11)9(13)14/h1-3,5H,4,11H2. The van der Waals surface area contributed by atoms with Crippen molar-refractivity contribution in [3.05, 3.63) is 46.3 Å². The fourth-order valence-electron chi connectivity index (χ4n) is 1.23. The molecule has 0 bridgehead atoms. The van der Waals surface area contributed by atoms with Crippen LogP contribution in [0.15, 0.2) is 29.3 Å². The highest BCUT2D eigenvalue weighted by Crippen LogP contribution is 2.01. The first-order valence-electron chi connectivity index (χ1n) is 4.08.